The van der Waals surface area contributed by atoms with Gasteiger partial charge in [-0.15, -0.1) is 0 Å². The number of hydrogen-bond donors (Lipinski definition) is 0. The van der Waals surface area contributed by atoms with Crippen molar-refractivity contribution in [2.24, 2.45) is 0 Å². The van der Waals surface area contributed by atoms with Gasteiger partial charge in [-0.25, -0.2) is 0 Å². The molecule has 1 aliphatic rings. The molecule has 3 nitrogen and oxygen atoms in total. The minimum absolute atomic E-state index is 0.0507. The molecule has 2 unspecified atom stereocenters. The summed E-state index contributed by atoms with van der Waals surface area (Å²) in [5.74, 6) is 0. The highest BCUT2D eigenvalue weighted by molar-refractivity contribution is 6.30. The number of hydroxylamine groups is 2. The molecule has 25 heavy (non-hydrogen) atoms. The lowest BCUT2D eigenvalue weighted by atomic mass is 9.86. The van der Waals surface area contributed by atoms with E-state index in [0.29, 0.717) is 13.2 Å². The van der Waals surface area contributed by atoms with Crippen LogP contribution in [0.4, 0.5) is 0 Å². The van der Waals surface area contributed by atoms with E-state index in [0.717, 1.165) is 16.1 Å². The molecule has 1 fully saturated rings. The largest absolute Gasteiger partial charge is 0.377 e. The Morgan fingerprint density at radius 2 is 1.64 bits per heavy atom. The van der Waals surface area contributed by atoms with E-state index in [1.807, 2.05) is 30.3 Å². The number of benzene rings is 2. The number of morpholine rings is 1. The molecule has 0 N–H and O–H groups in total. The van der Waals surface area contributed by atoms with E-state index < -0.39 is 5.54 Å². The van der Waals surface area contributed by atoms with Crippen LogP contribution in [-0.2, 0) is 15.1 Å². The Balaban J connectivity index is 1.94. The average molecular weight is 360 g/mol. The molecule has 0 amide bonds. The molecule has 2 aromatic rings. The fourth-order valence-electron chi connectivity index (χ4n) is 3.50. The quantitative estimate of drug-likeness (QED) is 0.733. The van der Waals surface area contributed by atoms with Crippen molar-refractivity contribution in [2.45, 2.75) is 44.9 Å². The van der Waals surface area contributed by atoms with Crippen LogP contribution in [0.1, 0.15) is 44.9 Å². The smallest absolute Gasteiger partial charge is 0.102 e. The monoisotopic (exact) mass is 359 g/mol. The summed E-state index contributed by atoms with van der Waals surface area (Å²) in [6.07, 6.45) is -0.0507. The molecule has 0 aliphatic carbocycles. The van der Waals surface area contributed by atoms with Gasteiger partial charge in [0, 0.05) is 5.02 Å². The summed E-state index contributed by atoms with van der Waals surface area (Å²) >= 11 is 6.08. The Bertz CT molecular complexity index is 702. The molecule has 1 saturated heterocycles. The number of nitrogens with zero attached hydrogens (tertiary/aromatic N) is 1. The lowest BCUT2D eigenvalue weighted by molar-refractivity contribution is -0.336. The molecule has 0 radical (unpaired) electrons. The van der Waals surface area contributed by atoms with Crippen LogP contribution in [0.2, 0.25) is 5.02 Å². The summed E-state index contributed by atoms with van der Waals surface area (Å²) < 4.78 is 5.95. The molecule has 0 aromatic heterocycles. The summed E-state index contributed by atoms with van der Waals surface area (Å²) in [5, 5.41) is 2.85. The zero-order valence-corrected chi connectivity index (χ0v) is 16.1. The first-order valence-electron chi connectivity index (χ1n) is 8.69. The lowest BCUT2D eigenvalue weighted by Gasteiger charge is -2.53. The van der Waals surface area contributed by atoms with Crippen molar-refractivity contribution in [1.29, 1.82) is 0 Å². The second kappa shape index (κ2) is 7.08. The van der Waals surface area contributed by atoms with Crippen molar-refractivity contribution in [3.05, 3.63) is 70.7 Å². The second-order valence-corrected chi connectivity index (χ2v) is 7.98. The average Bonchev–Trinajstić information content (AvgIpc) is 2.59. The fourth-order valence-corrected chi connectivity index (χ4v) is 3.62. The number of hydrogen-bond acceptors (Lipinski definition) is 3. The topological polar surface area (TPSA) is 21.7 Å². The Morgan fingerprint density at radius 1 is 1.00 bits per heavy atom. The van der Waals surface area contributed by atoms with E-state index >= 15 is 0 Å². The van der Waals surface area contributed by atoms with Gasteiger partial charge in [-0.1, -0.05) is 54.1 Å². The summed E-state index contributed by atoms with van der Waals surface area (Å²) in [6, 6.07) is 18.2. The van der Waals surface area contributed by atoms with Crippen molar-refractivity contribution in [3.63, 3.8) is 0 Å². The standard InChI is InChI=1S/C21H26ClNO2/c1-16(17-8-6-5-7-9-17)25-23-20(2,3)14-24-15-21(23,4)18-10-12-19(22)13-11-18/h5-13,16H,14-15H2,1-4H3. The fraction of sp³-hybridized carbons (Fsp3) is 0.429. The van der Waals surface area contributed by atoms with Gasteiger partial charge >= 0.3 is 0 Å². The first kappa shape index (κ1) is 18.4. The van der Waals surface area contributed by atoms with E-state index in [9.17, 15) is 0 Å². The molecular formula is C21H26ClNO2. The Hall–Kier alpha value is -1.39. The predicted octanol–water partition coefficient (Wildman–Crippen LogP) is 5.36. The minimum Gasteiger partial charge on any atom is -0.377 e. The van der Waals surface area contributed by atoms with Gasteiger partial charge in [-0.3, -0.25) is 4.84 Å². The maximum Gasteiger partial charge on any atom is 0.102 e. The first-order valence-corrected chi connectivity index (χ1v) is 9.06. The van der Waals surface area contributed by atoms with Crippen molar-refractivity contribution in [3.8, 4) is 0 Å². The van der Waals surface area contributed by atoms with Crippen molar-refractivity contribution >= 4 is 11.6 Å². The Labute approximate surface area is 155 Å². The maximum absolute atomic E-state index is 6.51. The molecule has 1 aliphatic heterocycles. The molecule has 3 rings (SSSR count). The third-order valence-electron chi connectivity index (χ3n) is 4.84. The Kier molecular flexibility index (Phi) is 5.21. The molecule has 134 valence electrons. The van der Waals surface area contributed by atoms with Crippen LogP contribution in [0.25, 0.3) is 0 Å². The van der Waals surface area contributed by atoms with Crippen LogP contribution in [0.3, 0.4) is 0 Å². The normalized spacial score (nSPS) is 24.8. The van der Waals surface area contributed by atoms with Crippen LogP contribution in [0, 0.1) is 0 Å². The van der Waals surface area contributed by atoms with Gasteiger partial charge in [0.25, 0.3) is 0 Å². The van der Waals surface area contributed by atoms with Gasteiger partial charge in [-0.2, -0.15) is 5.06 Å². The number of halogens is 1. The summed E-state index contributed by atoms with van der Waals surface area (Å²) in [5.41, 5.74) is 1.64. The van der Waals surface area contributed by atoms with Crippen LogP contribution in [-0.4, -0.2) is 23.8 Å². The van der Waals surface area contributed by atoms with Crippen LogP contribution < -0.4 is 0 Å². The predicted molar refractivity (Wildman–Crippen MR) is 101 cm³/mol. The molecule has 1 heterocycles. The summed E-state index contributed by atoms with van der Waals surface area (Å²) in [4.78, 5) is 6.51. The van der Waals surface area contributed by atoms with E-state index in [-0.39, 0.29) is 11.6 Å². The molecule has 0 bridgehead atoms. The minimum atomic E-state index is -0.393. The highest BCUT2D eigenvalue weighted by atomic mass is 35.5. The zero-order chi connectivity index (χ0) is 18.1. The highest BCUT2D eigenvalue weighted by Gasteiger charge is 2.48. The molecule has 2 atom stereocenters. The first-order chi connectivity index (χ1) is 11.8. The van der Waals surface area contributed by atoms with Gasteiger partial charge in [-0.05, 0) is 51.0 Å². The SMILES string of the molecule is CC(ON1C(C)(C)COCC1(C)c1ccc(Cl)cc1)c1ccccc1. The van der Waals surface area contributed by atoms with Gasteiger partial charge in [0.05, 0.1) is 24.3 Å². The molecular weight excluding hydrogens is 334 g/mol. The van der Waals surface area contributed by atoms with Gasteiger partial charge in [0.2, 0.25) is 0 Å². The molecule has 2 aromatic carbocycles. The molecule has 0 spiro atoms. The highest BCUT2D eigenvalue weighted by Crippen LogP contribution is 2.41. The van der Waals surface area contributed by atoms with Crippen LogP contribution >= 0.6 is 11.6 Å². The third-order valence-corrected chi connectivity index (χ3v) is 5.09. The molecule has 4 heteroatoms. The van der Waals surface area contributed by atoms with Crippen LogP contribution in [0.5, 0.6) is 0 Å². The van der Waals surface area contributed by atoms with Gasteiger partial charge in [0.1, 0.15) is 6.10 Å². The lowest BCUT2D eigenvalue weighted by Crippen LogP contribution is -2.62. The summed E-state index contributed by atoms with van der Waals surface area (Å²) in [7, 11) is 0. The van der Waals surface area contributed by atoms with E-state index in [1.54, 1.807) is 0 Å². The van der Waals surface area contributed by atoms with E-state index in [2.05, 4.69) is 57.0 Å². The van der Waals surface area contributed by atoms with E-state index in [4.69, 9.17) is 21.2 Å². The van der Waals surface area contributed by atoms with Gasteiger partial charge in [0.15, 0.2) is 0 Å². The van der Waals surface area contributed by atoms with E-state index in [1.165, 1.54) is 0 Å². The molecule has 0 saturated carbocycles. The number of ether oxygens (including phenoxy) is 1. The number of rotatable bonds is 4. The maximum atomic E-state index is 6.51. The van der Waals surface area contributed by atoms with Gasteiger partial charge < -0.3 is 4.74 Å². The summed E-state index contributed by atoms with van der Waals surface area (Å²) in [6.45, 7) is 9.74. The van der Waals surface area contributed by atoms with Crippen molar-refractivity contribution in [1.82, 2.24) is 5.06 Å². The van der Waals surface area contributed by atoms with Crippen molar-refractivity contribution in [2.75, 3.05) is 13.2 Å². The second-order valence-electron chi connectivity index (χ2n) is 7.54. The van der Waals surface area contributed by atoms with Crippen LogP contribution in [0.15, 0.2) is 54.6 Å². The zero-order valence-electron chi connectivity index (χ0n) is 15.3. The Morgan fingerprint density at radius 3 is 2.28 bits per heavy atom. The van der Waals surface area contributed by atoms with Crippen molar-refractivity contribution < 1.29 is 9.57 Å². The third kappa shape index (κ3) is 3.75.